The van der Waals surface area contributed by atoms with E-state index in [0.717, 1.165) is 19.6 Å². The summed E-state index contributed by atoms with van der Waals surface area (Å²) in [7, 11) is 4.28. The Hall–Kier alpha value is -0.120. The second kappa shape index (κ2) is 10.8. The van der Waals surface area contributed by atoms with Gasteiger partial charge in [0.15, 0.2) is 0 Å². The first-order valence-electron chi connectivity index (χ1n) is 7.60. The molecule has 2 N–H and O–H groups in total. The first-order chi connectivity index (χ1) is 8.51. The number of hydrogen-bond donors (Lipinski definition) is 1. The summed E-state index contributed by atoms with van der Waals surface area (Å²) < 4.78 is 0. The van der Waals surface area contributed by atoms with Gasteiger partial charge in [-0.2, -0.15) is 0 Å². The first kappa shape index (κ1) is 17.9. The normalized spacial score (nSPS) is 13.8. The first-order valence-corrected chi connectivity index (χ1v) is 7.60. The zero-order valence-corrected chi connectivity index (χ0v) is 13.3. The standard InChI is InChI=1S/C15H35N3/c1-6-7-8-9-15(12-16)18(13-14(2)3)11-10-17(4)5/h14-15H,6-13,16H2,1-5H3. The Labute approximate surface area is 115 Å². The van der Waals surface area contributed by atoms with Crippen molar-refractivity contribution in [3.05, 3.63) is 0 Å². The predicted molar refractivity (Wildman–Crippen MR) is 81.9 cm³/mol. The van der Waals surface area contributed by atoms with Gasteiger partial charge >= 0.3 is 0 Å². The lowest BCUT2D eigenvalue weighted by atomic mass is 10.1. The van der Waals surface area contributed by atoms with Crippen LogP contribution in [0.15, 0.2) is 0 Å². The summed E-state index contributed by atoms with van der Waals surface area (Å²) in [4.78, 5) is 4.85. The average Bonchev–Trinajstić information content (AvgIpc) is 2.30. The molecular weight excluding hydrogens is 222 g/mol. The third-order valence-electron chi connectivity index (χ3n) is 3.36. The number of hydrogen-bond acceptors (Lipinski definition) is 3. The Morgan fingerprint density at radius 2 is 1.72 bits per heavy atom. The van der Waals surface area contributed by atoms with Crippen molar-refractivity contribution >= 4 is 0 Å². The molecule has 110 valence electrons. The summed E-state index contributed by atoms with van der Waals surface area (Å²) in [5, 5.41) is 0. The number of unbranched alkanes of at least 4 members (excludes halogenated alkanes) is 2. The quantitative estimate of drug-likeness (QED) is 0.577. The van der Waals surface area contributed by atoms with Crippen LogP contribution in [-0.2, 0) is 0 Å². The molecule has 0 saturated carbocycles. The van der Waals surface area contributed by atoms with Crippen LogP contribution in [0.5, 0.6) is 0 Å². The third-order valence-corrected chi connectivity index (χ3v) is 3.36. The van der Waals surface area contributed by atoms with Crippen LogP contribution < -0.4 is 5.73 Å². The lowest BCUT2D eigenvalue weighted by Gasteiger charge is -2.33. The van der Waals surface area contributed by atoms with Crippen molar-refractivity contribution in [2.24, 2.45) is 11.7 Å². The van der Waals surface area contributed by atoms with Crippen molar-refractivity contribution in [3.8, 4) is 0 Å². The summed E-state index contributed by atoms with van der Waals surface area (Å²) in [5.41, 5.74) is 5.98. The van der Waals surface area contributed by atoms with Crippen LogP contribution in [0.25, 0.3) is 0 Å². The van der Waals surface area contributed by atoms with Crippen molar-refractivity contribution < 1.29 is 0 Å². The highest BCUT2D eigenvalue weighted by Crippen LogP contribution is 2.11. The van der Waals surface area contributed by atoms with Gasteiger partial charge in [-0.25, -0.2) is 0 Å². The van der Waals surface area contributed by atoms with E-state index in [1.165, 1.54) is 32.2 Å². The van der Waals surface area contributed by atoms with Gasteiger partial charge in [0.05, 0.1) is 0 Å². The van der Waals surface area contributed by atoms with E-state index < -0.39 is 0 Å². The van der Waals surface area contributed by atoms with Crippen LogP contribution in [0.3, 0.4) is 0 Å². The van der Waals surface area contributed by atoms with Gasteiger partial charge in [-0.1, -0.05) is 40.0 Å². The van der Waals surface area contributed by atoms with Gasteiger partial charge < -0.3 is 10.6 Å². The maximum absolute atomic E-state index is 5.98. The molecular formula is C15H35N3. The molecule has 1 atom stereocenters. The summed E-state index contributed by atoms with van der Waals surface area (Å²) >= 11 is 0. The molecule has 0 radical (unpaired) electrons. The van der Waals surface area contributed by atoms with E-state index in [1.807, 2.05) is 0 Å². The number of nitrogens with zero attached hydrogens (tertiary/aromatic N) is 2. The van der Waals surface area contributed by atoms with E-state index >= 15 is 0 Å². The van der Waals surface area contributed by atoms with Crippen molar-refractivity contribution in [2.75, 3.05) is 40.3 Å². The maximum atomic E-state index is 5.98. The minimum Gasteiger partial charge on any atom is -0.329 e. The molecule has 0 heterocycles. The van der Waals surface area contributed by atoms with Gasteiger partial charge in [0.2, 0.25) is 0 Å². The molecule has 3 heteroatoms. The van der Waals surface area contributed by atoms with Gasteiger partial charge in [-0.05, 0) is 26.4 Å². The predicted octanol–water partition coefficient (Wildman–Crippen LogP) is 2.41. The van der Waals surface area contributed by atoms with Crippen LogP contribution in [-0.4, -0.2) is 56.1 Å². The second-order valence-corrected chi connectivity index (χ2v) is 6.08. The monoisotopic (exact) mass is 257 g/mol. The molecule has 0 aromatic carbocycles. The number of nitrogens with two attached hydrogens (primary N) is 1. The molecule has 1 unspecified atom stereocenters. The third kappa shape index (κ3) is 8.90. The molecule has 0 aliphatic rings. The molecule has 0 bridgehead atoms. The Morgan fingerprint density at radius 1 is 1.06 bits per heavy atom. The molecule has 0 saturated heterocycles. The van der Waals surface area contributed by atoms with Crippen molar-refractivity contribution in [1.82, 2.24) is 9.80 Å². The molecule has 0 aliphatic heterocycles. The van der Waals surface area contributed by atoms with Gasteiger partial charge in [0.25, 0.3) is 0 Å². The molecule has 0 aromatic rings. The summed E-state index contributed by atoms with van der Waals surface area (Å²) in [6.07, 6.45) is 5.19. The van der Waals surface area contributed by atoms with Crippen molar-refractivity contribution in [3.63, 3.8) is 0 Å². The number of likely N-dealkylation sites (N-methyl/N-ethyl adjacent to an activating group) is 1. The topological polar surface area (TPSA) is 32.5 Å². The van der Waals surface area contributed by atoms with E-state index in [2.05, 4.69) is 44.7 Å². The van der Waals surface area contributed by atoms with Gasteiger partial charge in [0, 0.05) is 32.2 Å². The highest BCUT2D eigenvalue weighted by molar-refractivity contribution is 4.74. The van der Waals surface area contributed by atoms with Gasteiger partial charge in [-0.3, -0.25) is 4.90 Å². The van der Waals surface area contributed by atoms with E-state index in [4.69, 9.17) is 5.73 Å². The van der Waals surface area contributed by atoms with Crippen LogP contribution in [0.4, 0.5) is 0 Å². The largest absolute Gasteiger partial charge is 0.329 e. The second-order valence-electron chi connectivity index (χ2n) is 6.08. The molecule has 0 fully saturated rings. The minimum absolute atomic E-state index is 0.568. The zero-order valence-electron chi connectivity index (χ0n) is 13.3. The maximum Gasteiger partial charge on any atom is 0.0219 e. The van der Waals surface area contributed by atoms with E-state index in [0.29, 0.717) is 12.0 Å². The highest BCUT2D eigenvalue weighted by Gasteiger charge is 2.17. The summed E-state index contributed by atoms with van der Waals surface area (Å²) in [6, 6.07) is 0.568. The van der Waals surface area contributed by atoms with Crippen LogP contribution in [0.2, 0.25) is 0 Å². The Bertz CT molecular complexity index is 181. The van der Waals surface area contributed by atoms with E-state index in [1.54, 1.807) is 0 Å². The fraction of sp³-hybridized carbons (Fsp3) is 1.00. The fourth-order valence-electron chi connectivity index (χ4n) is 2.30. The molecule has 0 amide bonds. The minimum atomic E-state index is 0.568. The molecule has 3 nitrogen and oxygen atoms in total. The molecule has 0 rings (SSSR count). The number of rotatable bonds is 11. The summed E-state index contributed by atoms with van der Waals surface area (Å²) in [5.74, 6) is 0.715. The Balaban J connectivity index is 4.27. The molecule has 0 aromatic heterocycles. The Morgan fingerprint density at radius 3 is 2.17 bits per heavy atom. The van der Waals surface area contributed by atoms with Crippen molar-refractivity contribution in [2.45, 2.75) is 52.5 Å². The van der Waals surface area contributed by atoms with Crippen LogP contribution in [0.1, 0.15) is 46.5 Å². The van der Waals surface area contributed by atoms with Gasteiger partial charge in [0.1, 0.15) is 0 Å². The average molecular weight is 257 g/mol. The highest BCUT2D eigenvalue weighted by atomic mass is 15.2. The van der Waals surface area contributed by atoms with E-state index in [9.17, 15) is 0 Å². The Kier molecular flexibility index (Phi) is 10.7. The smallest absolute Gasteiger partial charge is 0.0219 e. The lowest BCUT2D eigenvalue weighted by molar-refractivity contribution is 0.154. The van der Waals surface area contributed by atoms with Gasteiger partial charge in [-0.15, -0.1) is 0 Å². The molecule has 18 heavy (non-hydrogen) atoms. The fourth-order valence-corrected chi connectivity index (χ4v) is 2.30. The summed E-state index contributed by atoms with van der Waals surface area (Å²) in [6.45, 7) is 11.1. The SMILES string of the molecule is CCCCCC(CN)N(CCN(C)C)CC(C)C. The lowest BCUT2D eigenvalue weighted by Crippen LogP contribution is -2.45. The zero-order chi connectivity index (χ0) is 14.0. The molecule has 0 spiro atoms. The van der Waals surface area contributed by atoms with E-state index in [-0.39, 0.29) is 0 Å². The van der Waals surface area contributed by atoms with Crippen LogP contribution >= 0.6 is 0 Å². The molecule has 0 aliphatic carbocycles. The van der Waals surface area contributed by atoms with Crippen molar-refractivity contribution in [1.29, 1.82) is 0 Å². The van der Waals surface area contributed by atoms with Crippen LogP contribution in [0, 0.1) is 5.92 Å².